The number of H-pyrrole nitrogens is 1. The van der Waals surface area contributed by atoms with Crippen molar-refractivity contribution in [3.05, 3.63) is 59.3 Å². The van der Waals surface area contributed by atoms with Gasteiger partial charge in [-0.15, -0.1) is 11.3 Å². The molecule has 0 spiro atoms. The van der Waals surface area contributed by atoms with Gasteiger partial charge in [-0.3, -0.25) is 4.79 Å². The Hall–Kier alpha value is -3.00. The van der Waals surface area contributed by atoms with Crippen molar-refractivity contribution in [2.24, 2.45) is 0 Å². The monoisotopic (exact) mass is 380 g/mol. The standard InChI is InChI=1S/C19H20N6OS/c1-13-4-6-17(21-9-13)24-19-23-15(11-27-19)16-3-2-8-25(16)18(26)7-5-14-10-20-12-22-14/h4-7,9-12,16H,2-3,8H2,1H3,(H,20,22)(H,21,23,24)/b7-5+/t16-/m0/s1. The molecule has 0 aliphatic carbocycles. The molecule has 2 N–H and O–H groups in total. The first-order valence-corrected chi connectivity index (χ1v) is 9.69. The number of anilines is 2. The average Bonchev–Trinajstić information content (AvgIpc) is 3.43. The fraction of sp³-hybridized carbons (Fsp3) is 0.263. The number of likely N-dealkylation sites (tertiary alicyclic amines) is 1. The lowest BCUT2D eigenvalue weighted by Gasteiger charge is -2.21. The van der Waals surface area contributed by atoms with Gasteiger partial charge in [0.25, 0.3) is 0 Å². The lowest BCUT2D eigenvalue weighted by molar-refractivity contribution is -0.126. The van der Waals surface area contributed by atoms with Crippen molar-refractivity contribution in [1.29, 1.82) is 0 Å². The number of amides is 1. The van der Waals surface area contributed by atoms with Crippen molar-refractivity contribution in [3.8, 4) is 0 Å². The van der Waals surface area contributed by atoms with Crippen LogP contribution in [0.3, 0.4) is 0 Å². The molecule has 4 heterocycles. The first kappa shape index (κ1) is 17.4. The smallest absolute Gasteiger partial charge is 0.247 e. The van der Waals surface area contributed by atoms with Crippen LogP contribution in [0.1, 0.15) is 35.8 Å². The van der Waals surface area contributed by atoms with Crippen molar-refractivity contribution in [2.75, 3.05) is 11.9 Å². The van der Waals surface area contributed by atoms with Crippen LogP contribution >= 0.6 is 11.3 Å². The maximum Gasteiger partial charge on any atom is 0.247 e. The van der Waals surface area contributed by atoms with Gasteiger partial charge in [-0.1, -0.05) is 6.07 Å². The lowest BCUT2D eigenvalue weighted by atomic mass is 10.1. The quantitative estimate of drug-likeness (QED) is 0.659. The van der Waals surface area contributed by atoms with Crippen LogP contribution < -0.4 is 5.32 Å². The van der Waals surface area contributed by atoms with Crippen LogP contribution in [0.5, 0.6) is 0 Å². The minimum absolute atomic E-state index is 0.00481. The summed E-state index contributed by atoms with van der Waals surface area (Å²) in [6, 6.07) is 3.96. The number of carbonyl (C=O) groups excluding carboxylic acids is 1. The third-order valence-corrected chi connectivity index (χ3v) is 5.25. The molecule has 1 amide bonds. The van der Waals surface area contributed by atoms with E-state index in [-0.39, 0.29) is 11.9 Å². The number of carbonyl (C=O) groups is 1. The molecular formula is C19H20N6OS. The van der Waals surface area contributed by atoms with E-state index in [0.717, 1.165) is 47.3 Å². The van der Waals surface area contributed by atoms with Gasteiger partial charge in [0.2, 0.25) is 5.91 Å². The molecule has 0 saturated carbocycles. The zero-order valence-electron chi connectivity index (χ0n) is 14.9. The number of aromatic nitrogens is 4. The summed E-state index contributed by atoms with van der Waals surface area (Å²) < 4.78 is 0. The zero-order valence-corrected chi connectivity index (χ0v) is 15.7. The number of hydrogen-bond acceptors (Lipinski definition) is 6. The highest BCUT2D eigenvalue weighted by molar-refractivity contribution is 7.13. The van der Waals surface area contributed by atoms with Crippen LogP contribution in [-0.2, 0) is 4.79 Å². The van der Waals surface area contributed by atoms with Gasteiger partial charge in [-0.2, -0.15) is 0 Å². The first-order chi connectivity index (χ1) is 13.2. The van der Waals surface area contributed by atoms with Gasteiger partial charge in [-0.25, -0.2) is 15.0 Å². The fourth-order valence-corrected chi connectivity index (χ4v) is 3.86. The maximum atomic E-state index is 12.6. The van der Waals surface area contributed by atoms with Crippen LogP contribution in [0.25, 0.3) is 6.08 Å². The lowest BCUT2D eigenvalue weighted by Crippen LogP contribution is -2.29. The number of pyridine rings is 1. The van der Waals surface area contributed by atoms with Gasteiger partial charge in [0.1, 0.15) is 5.82 Å². The average molecular weight is 380 g/mol. The van der Waals surface area contributed by atoms with Gasteiger partial charge >= 0.3 is 0 Å². The highest BCUT2D eigenvalue weighted by Crippen LogP contribution is 2.34. The highest BCUT2D eigenvalue weighted by atomic mass is 32.1. The minimum Gasteiger partial charge on any atom is -0.345 e. The summed E-state index contributed by atoms with van der Waals surface area (Å²) in [5.41, 5.74) is 2.85. The molecule has 1 atom stereocenters. The van der Waals surface area contributed by atoms with Gasteiger partial charge in [0, 0.05) is 24.2 Å². The Morgan fingerprint density at radius 2 is 2.33 bits per heavy atom. The van der Waals surface area contributed by atoms with Crippen molar-refractivity contribution >= 4 is 34.3 Å². The Morgan fingerprint density at radius 1 is 1.41 bits per heavy atom. The van der Waals surface area contributed by atoms with E-state index >= 15 is 0 Å². The molecule has 8 heteroatoms. The number of rotatable bonds is 5. The second-order valence-electron chi connectivity index (χ2n) is 6.45. The van der Waals surface area contributed by atoms with Gasteiger partial charge in [-0.05, 0) is 37.5 Å². The molecule has 1 saturated heterocycles. The molecule has 27 heavy (non-hydrogen) atoms. The molecule has 138 valence electrons. The SMILES string of the molecule is Cc1ccc(Nc2nc([C@@H]3CCCN3C(=O)/C=C/c3cnc[nH]3)cs2)nc1. The van der Waals surface area contributed by atoms with Crippen molar-refractivity contribution in [3.63, 3.8) is 0 Å². The Kier molecular flexibility index (Phi) is 4.97. The maximum absolute atomic E-state index is 12.6. The van der Waals surface area contributed by atoms with Gasteiger partial charge in [0.05, 0.1) is 30.0 Å². The molecule has 1 aliphatic rings. The number of nitrogens with zero attached hydrogens (tertiary/aromatic N) is 4. The predicted octanol–water partition coefficient (Wildman–Crippen LogP) is 3.69. The summed E-state index contributed by atoms with van der Waals surface area (Å²) in [4.78, 5) is 30.4. The predicted molar refractivity (Wildman–Crippen MR) is 106 cm³/mol. The topological polar surface area (TPSA) is 86.8 Å². The first-order valence-electron chi connectivity index (χ1n) is 8.81. The molecule has 1 aliphatic heterocycles. The van der Waals surface area contributed by atoms with E-state index in [1.165, 1.54) is 11.3 Å². The van der Waals surface area contributed by atoms with Crippen LogP contribution in [0.2, 0.25) is 0 Å². The van der Waals surface area contributed by atoms with Crippen molar-refractivity contribution in [2.45, 2.75) is 25.8 Å². The summed E-state index contributed by atoms with van der Waals surface area (Å²) >= 11 is 1.53. The van der Waals surface area contributed by atoms with Gasteiger partial charge in [0.15, 0.2) is 5.13 Å². The van der Waals surface area contributed by atoms with Crippen LogP contribution in [0, 0.1) is 6.92 Å². The molecular weight excluding hydrogens is 360 g/mol. The summed E-state index contributed by atoms with van der Waals surface area (Å²) in [7, 11) is 0. The van der Waals surface area contributed by atoms with Crippen LogP contribution in [0.4, 0.5) is 10.9 Å². The number of aromatic amines is 1. The number of hydrogen-bond donors (Lipinski definition) is 2. The van der Waals surface area contributed by atoms with E-state index in [1.807, 2.05) is 35.5 Å². The number of aryl methyl sites for hydroxylation is 1. The normalized spacial score (nSPS) is 16.9. The Balaban J connectivity index is 1.45. The second-order valence-corrected chi connectivity index (χ2v) is 7.31. The molecule has 4 rings (SSSR count). The van der Waals surface area contributed by atoms with E-state index in [4.69, 9.17) is 0 Å². The number of thiazole rings is 1. The van der Waals surface area contributed by atoms with Crippen molar-refractivity contribution < 1.29 is 4.79 Å². The van der Waals surface area contributed by atoms with Crippen LogP contribution in [0.15, 0.2) is 42.3 Å². The Morgan fingerprint density at radius 3 is 3.11 bits per heavy atom. The van der Waals surface area contributed by atoms with E-state index in [9.17, 15) is 4.79 Å². The van der Waals surface area contributed by atoms with Crippen molar-refractivity contribution in [1.82, 2.24) is 24.8 Å². The molecule has 1 fully saturated rings. The third-order valence-electron chi connectivity index (χ3n) is 4.47. The summed E-state index contributed by atoms with van der Waals surface area (Å²) in [6.45, 7) is 2.75. The highest BCUT2D eigenvalue weighted by Gasteiger charge is 2.30. The molecule has 0 radical (unpaired) electrons. The molecule has 0 unspecified atom stereocenters. The minimum atomic E-state index is -0.00481. The zero-order chi connectivity index (χ0) is 18.6. The summed E-state index contributed by atoms with van der Waals surface area (Å²) in [6.07, 6.45) is 10.3. The van der Waals surface area contributed by atoms with E-state index < -0.39 is 0 Å². The summed E-state index contributed by atoms with van der Waals surface area (Å²) in [5.74, 6) is 0.762. The molecule has 0 bridgehead atoms. The number of imidazole rings is 1. The largest absolute Gasteiger partial charge is 0.345 e. The van der Waals surface area contributed by atoms with E-state index in [2.05, 4.69) is 25.3 Å². The number of nitrogens with one attached hydrogen (secondary N) is 2. The Labute approximate surface area is 161 Å². The summed E-state index contributed by atoms with van der Waals surface area (Å²) in [5, 5.41) is 6.04. The fourth-order valence-electron chi connectivity index (χ4n) is 3.10. The molecule has 3 aromatic rings. The van der Waals surface area contributed by atoms with Crippen LogP contribution in [-0.4, -0.2) is 37.3 Å². The van der Waals surface area contributed by atoms with Gasteiger partial charge < -0.3 is 15.2 Å². The van der Waals surface area contributed by atoms with E-state index in [1.54, 1.807) is 24.7 Å². The molecule has 7 nitrogen and oxygen atoms in total. The molecule has 3 aromatic heterocycles. The Bertz CT molecular complexity index is 932. The van der Waals surface area contributed by atoms with E-state index in [0.29, 0.717) is 0 Å². The third kappa shape index (κ3) is 4.06. The molecule has 0 aromatic carbocycles. The second kappa shape index (κ2) is 7.71.